The Kier molecular flexibility index (Phi) is 5.44. The smallest absolute Gasteiger partial charge is 0.273 e. The van der Waals surface area contributed by atoms with E-state index < -0.39 is 10.8 Å². The largest absolute Gasteiger partial charge is 0.322 e. The highest BCUT2D eigenvalue weighted by Crippen LogP contribution is 2.25. The van der Waals surface area contributed by atoms with Gasteiger partial charge < -0.3 is 5.32 Å². The molecule has 32 heavy (non-hydrogen) atoms. The maximum Gasteiger partial charge on any atom is 0.273 e. The predicted molar refractivity (Wildman–Crippen MR) is 123 cm³/mol. The highest BCUT2D eigenvalue weighted by atomic mass is 16.6. The van der Waals surface area contributed by atoms with E-state index in [4.69, 9.17) is 0 Å². The van der Waals surface area contributed by atoms with Crippen LogP contribution in [0.2, 0.25) is 0 Å². The minimum Gasteiger partial charge on any atom is -0.322 e. The number of rotatable bonds is 5. The SMILES string of the molecule is Cc1cc2nn(-c3ccc(C(C)C)cc3)nc2cc1NC(=O)c1ccc(C)c([N+](=O)[O-])c1. The van der Waals surface area contributed by atoms with E-state index >= 15 is 0 Å². The minimum absolute atomic E-state index is 0.0868. The molecule has 0 unspecified atom stereocenters. The van der Waals surface area contributed by atoms with Gasteiger partial charge >= 0.3 is 0 Å². The number of aromatic nitrogens is 3. The van der Waals surface area contributed by atoms with Gasteiger partial charge in [-0.1, -0.05) is 32.0 Å². The van der Waals surface area contributed by atoms with Crippen LogP contribution in [0.5, 0.6) is 0 Å². The van der Waals surface area contributed by atoms with E-state index in [2.05, 4.69) is 41.5 Å². The first-order valence-electron chi connectivity index (χ1n) is 10.3. The topological polar surface area (TPSA) is 103 Å². The van der Waals surface area contributed by atoms with Gasteiger partial charge in [0.2, 0.25) is 0 Å². The Bertz CT molecular complexity index is 1340. The van der Waals surface area contributed by atoms with E-state index in [0.29, 0.717) is 28.2 Å². The first-order valence-corrected chi connectivity index (χ1v) is 10.3. The zero-order chi connectivity index (χ0) is 23.0. The van der Waals surface area contributed by atoms with Crippen molar-refractivity contribution in [1.29, 1.82) is 0 Å². The first-order chi connectivity index (χ1) is 15.2. The summed E-state index contributed by atoms with van der Waals surface area (Å²) in [6.45, 7) is 7.78. The van der Waals surface area contributed by atoms with Crippen molar-refractivity contribution in [2.24, 2.45) is 0 Å². The highest BCUT2D eigenvalue weighted by Gasteiger charge is 2.16. The molecule has 162 valence electrons. The summed E-state index contributed by atoms with van der Waals surface area (Å²) in [6.07, 6.45) is 0. The number of nitro benzene ring substituents is 1. The van der Waals surface area contributed by atoms with Crippen LogP contribution in [0.3, 0.4) is 0 Å². The van der Waals surface area contributed by atoms with Gasteiger partial charge in [-0.3, -0.25) is 14.9 Å². The molecule has 0 fully saturated rings. The number of carbonyl (C=O) groups is 1. The molecule has 1 N–H and O–H groups in total. The van der Waals surface area contributed by atoms with Crippen molar-refractivity contribution in [3.8, 4) is 5.69 Å². The average Bonchev–Trinajstić information content (AvgIpc) is 3.16. The molecular formula is C24H23N5O3. The summed E-state index contributed by atoms with van der Waals surface area (Å²) < 4.78 is 0. The number of benzene rings is 3. The third-order valence-electron chi connectivity index (χ3n) is 5.43. The number of amides is 1. The summed E-state index contributed by atoms with van der Waals surface area (Å²) in [4.78, 5) is 25.0. The zero-order valence-electron chi connectivity index (χ0n) is 18.3. The molecule has 1 aromatic heterocycles. The highest BCUT2D eigenvalue weighted by molar-refractivity contribution is 6.05. The molecule has 3 aromatic carbocycles. The Balaban J connectivity index is 1.63. The van der Waals surface area contributed by atoms with Gasteiger partial charge in [0.1, 0.15) is 11.0 Å². The van der Waals surface area contributed by atoms with Crippen molar-refractivity contribution in [3.05, 3.63) is 87.0 Å². The normalized spacial score (nSPS) is 11.2. The molecule has 0 aliphatic heterocycles. The fourth-order valence-electron chi connectivity index (χ4n) is 3.45. The summed E-state index contributed by atoms with van der Waals surface area (Å²) in [6, 6.07) is 16.1. The van der Waals surface area contributed by atoms with Crippen molar-refractivity contribution < 1.29 is 9.72 Å². The van der Waals surface area contributed by atoms with Crippen LogP contribution in [0, 0.1) is 24.0 Å². The summed E-state index contributed by atoms with van der Waals surface area (Å²) in [5.74, 6) is 0.0182. The van der Waals surface area contributed by atoms with Crippen LogP contribution >= 0.6 is 0 Å². The standard InChI is InChI=1S/C24H23N5O3/c1-14(2)17-7-9-19(10-8-17)28-26-21-11-16(4)20(13-22(21)27-28)25-24(30)18-6-5-15(3)23(12-18)29(31)32/h5-14H,1-4H3,(H,25,30). The Morgan fingerprint density at radius 1 is 0.969 bits per heavy atom. The number of nitro groups is 1. The number of nitrogens with zero attached hydrogens (tertiary/aromatic N) is 4. The molecule has 1 amide bonds. The maximum absolute atomic E-state index is 12.7. The van der Waals surface area contributed by atoms with E-state index in [1.165, 1.54) is 11.6 Å². The number of aryl methyl sites for hydroxylation is 2. The summed E-state index contributed by atoms with van der Waals surface area (Å²) >= 11 is 0. The second-order valence-electron chi connectivity index (χ2n) is 8.10. The lowest BCUT2D eigenvalue weighted by atomic mass is 10.0. The lowest BCUT2D eigenvalue weighted by Crippen LogP contribution is -2.13. The van der Waals surface area contributed by atoms with E-state index in [9.17, 15) is 14.9 Å². The van der Waals surface area contributed by atoms with Crippen molar-refractivity contribution in [2.45, 2.75) is 33.6 Å². The average molecular weight is 429 g/mol. The maximum atomic E-state index is 12.7. The molecule has 4 rings (SSSR count). The third-order valence-corrected chi connectivity index (χ3v) is 5.43. The number of nitrogens with one attached hydrogen (secondary N) is 1. The molecule has 0 aliphatic rings. The molecule has 8 heteroatoms. The fourth-order valence-corrected chi connectivity index (χ4v) is 3.45. The van der Waals surface area contributed by atoms with Gasteiger partial charge in [-0.25, -0.2) is 0 Å². The van der Waals surface area contributed by atoms with Crippen LogP contribution in [0.4, 0.5) is 11.4 Å². The van der Waals surface area contributed by atoms with Crippen LogP contribution in [0.15, 0.2) is 54.6 Å². The van der Waals surface area contributed by atoms with Crippen molar-refractivity contribution >= 4 is 28.3 Å². The summed E-state index contributed by atoms with van der Waals surface area (Å²) in [5.41, 5.74) is 5.45. The molecular weight excluding hydrogens is 406 g/mol. The lowest BCUT2D eigenvalue weighted by Gasteiger charge is -2.08. The molecule has 1 heterocycles. The van der Waals surface area contributed by atoms with Crippen molar-refractivity contribution in [3.63, 3.8) is 0 Å². The number of carbonyl (C=O) groups excluding carboxylic acids is 1. The van der Waals surface area contributed by atoms with Gasteiger partial charge in [0, 0.05) is 22.9 Å². The Morgan fingerprint density at radius 2 is 1.62 bits per heavy atom. The first kappa shape index (κ1) is 21.2. The van der Waals surface area contributed by atoms with E-state index in [1.54, 1.807) is 29.9 Å². The second kappa shape index (κ2) is 8.22. The van der Waals surface area contributed by atoms with Crippen LogP contribution in [0.25, 0.3) is 16.7 Å². The van der Waals surface area contributed by atoms with E-state index in [1.807, 2.05) is 25.1 Å². The monoisotopic (exact) mass is 429 g/mol. The van der Waals surface area contributed by atoms with Crippen LogP contribution in [-0.2, 0) is 0 Å². The molecule has 0 bridgehead atoms. The molecule has 0 saturated carbocycles. The molecule has 0 spiro atoms. The zero-order valence-corrected chi connectivity index (χ0v) is 18.3. The van der Waals surface area contributed by atoms with Gasteiger partial charge in [-0.15, -0.1) is 10.2 Å². The van der Waals surface area contributed by atoms with Crippen molar-refractivity contribution in [2.75, 3.05) is 5.32 Å². The third kappa shape index (κ3) is 4.07. The van der Waals surface area contributed by atoms with E-state index in [-0.39, 0.29) is 11.3 Å². The van der Waals surface area contributed by atoms with Crippen LogP contribution in [0.1, 0.15) is 46.8 Å². The number of anilines is 1. The van der Waals surface area contributed by atoms with Gasteiger partial charge in [0.25, 0.3) is 11.6 Å². The fraction of sp³-hybridized carbons (Fsp3) is 0.208. The van der Waals surface area contributed by atoms with Gasteiger partial charge in [-0.2, -0.15) is 4.80 Å². The Labute approximate surface area is 185 Å². The molecule has 0 aliphatic carbocycles. The Morgan fingerprint density at radius 3 is 2.25 bits per heavy atom. The minimum atomic E-state index is -0.491. The molecule has 0 radical (unpaired) electrons. The Hall–Kier alpha value is -4.07. The number of hydrogen-bond acceptors (Lipinski definition) is 5. The number of fused-ring (bicyclic) bond motifs is 1. The summed E-state index contributed by atoms with van der Waals surface area (Å²) in [7, 11) is 0. The van der Waals surface area contributed by atoms with E-state index in [0.717, 1.165) is 11.3 Å². The number of hydrogen-bond donors (Lipinski definition) is 1. The molecule has 0 atom stereocenters. The van der Waals surface area contributed by atoms with Crippen LogP contribution < -0.4 is 5.32 Å². The van der Waals surface area contributed by atoms with Gasteiger partial charge in [0.05, 0.1) is 10.6 Å². The molecule has 8 nitrogen and oxygen atoms in total. The molecule has 4 aromatic rings. The lowest BCUT2D eigenvalue weighted by molar-refractivity contribution is -0.385. The van der Waals surface area contributed by atoms with Crippen LogP contribution in [-0.4, -0.2) is 25.8 Å². The predicted octanol–water partition coefficient (Wildman–Crippen LogP) is 5.32. The quantitative estimate of drug-likeness (QED) is 0.341. The second-order valence-corrected chi connectivity index (χ2v) is 8.10. The molecule has 0 saturated heterocycles. The van der Waals surface area contributed by atoms with Crippen molar-refractivity contribution in [1.82, 2.24) is 15.0 Å². The van der Waals surface area contributed by atoms with Gasteiger partial charge in [-0.05, 0) is 61.2 Å². The van der Waals surface area contributed by atoms with Gasteiger partial charge in [0.15, 0.2) is 0 Å². The summed E-state index contributed by atoms with van der Waals surface area (Å²) in [5, 5.41) is 23.1.